The molecule has 0 aliphatic heterocycles. The molecule has 4 rings (SSSR count). The highest BCUT2D eigenvalue weighted by molar-refractivity contribution is 9.10. The van der Waals surface area contributed by atoms with E-state index in [0.29, 0.717) is 6.61 Å². The van der Waals surface area contributed by atoms with Crippen LogP contribution < -0.4 is 4.74 Å². The molecule has 0 aliphatic rings. The van der Waals surface area contributed by atoms with Crippen LogP contribution in [0.1, 0.15) is 22.5 Å². The lowest BCUT2D eigenvalue weighted by Gasteiger charge is -2.07. The van der Waals surface area contributed by atoms with Gasteiger partial charge in [0.15, 0.2) is 5.82 Å². The largest absolute Gasteiger partial charge is 0.489 e. The molecule has 156 valence electrons. The van der Waals surface area contributed by atoms with Crippen molar-refractivity contribution in [3.8, 4) is 5.75 Å². The SMILES string of the molecule is Cc1nnc(SCc2ccc(Br)cc2)n1/N=C\c1cccc(OCc2ccccc2)c1. The highest BCUT2D eigenvalue weighted by atomic mass is 79.9. The molecule has 0 fully saturated rings. The summed E-state index contributed by atoms with van der Waals surface area (Å²) in [6, 6.07) is 26.3. The number of halogens is 1. The van der Waals surface area contributed by atoms with Gasteiger partial charge in [0.1, 0.15) is 12.4 Å². The van der Waals surface area contributed by atoms with Crippen LogP contribution in [0.2, 0.25) is 0 Å². The smallest absolute Gasteiger partial charge is 0.212 e. The molecule has 5 nitrogen and oxygen atoms in total. The Morgan fingerprint density at radius 1 is 0.968 bits per heavy atom. The monoisotopic (exact) mass is 492 g/mol. The molecule has 0 bridgehead atoms. The molecule has 0 aliphatic carbocycles. The van der Waals surface area contributed by atoms with E-state index >= 15 is 0 Å². The highest BCUT2D eigenvalue weighted by Crippen LogP contribution is 2.23. The van der Waals surface area contributed by atoms with E-state index < -0.39 is 0 Å². The van der Waals surface area contributed by atoms with Gasteiger partial charge in [0.25, 0.3) is 0 Å². The quantitative estimate of drug-likeness (QED) is 0.220. The highest BCUT2D eigenvalue weighted by Gasteiger charge is 2.09. The minimum absolute atomic E-state index is 0.531. The second-order valence-electron chi connectivity index (χ2n) is 6.85. The summed E-state index contributed by atoms with van der Waals surface area (Å²) < 4.78 is 8.75. The van der Waals surface area contributed by atoms with Gasteiger partial charge in [0, 0.05) is 10.2 Å². The van der Waals surface area contributed by atoms with Gasteiger partial charge in [0.2, 0.25) is 5.16 Å². The van der Waals surface area contributed by atoms with Crippen molar-refractivity contribution >= 4 is 33.9 Å². The van der Waals surface area contributed by atoms with Gasteiger partial charge in [-0.3, -0.25) is 0 Å². The number of thioether (sulfide) groups is 1. The average molecular weight is 493 g/mol. The van der Waals surface area contributed by atoms with E-state index in [1.54, 1.807) is 22.7 Å². The van der Waals surface area contributed by atoms with Gasteiger partial charge in [-0.15, -0.1) is 10.2 Å². The third-order valence-electron chi connectivity index (χ3n) is 4.48. The van der Waals surface area contributed by atoms with Crippen LogP contribution in [-0.4, -0.2) is 21.1 Å². The Hall–Kier alpha value is -2.90. The predicted molar refractivity (Wildman–Crippen MR) is 129 cm³/mol. The summed E-state index contributed by atoms with van der Waals surface area (Å²) in [6.45, 7) is 2.43. The molecule has 1 heterocycles. The van der Waals surface area contributed by atoms with Crippen molar-refractivity contribution in [3.63, 3.8) is 0 Å². The molecule has 0 saturated heterocycles. The zero-order valence-corrected chi connectivity index (χ0v) is 19.4. The fourth-order valence-corrected chi connectivity index (χ4v) is 3.99. The number of aromatic nitrogens is 3. The zero-order chi connectivity index (χ0) is 21.5. The molecule has 3 aromatic carbocycles. The molecule has 0 amide bonds. The van der Waals surface area contributed by atoms with Crippen LogP contribution >= 0.6 is 27.7 Å². The molecule has 0 N–H and O–H groups in total. The number of ether oxygens (including phenoxy) is 1. The number of aryl methyl sites for hydroxylation is 1. The molecular weight excluding hydrogens is 472 g/mol. The Morgan fingerprint density at radius 3 is 2.58 bits per heavy atom. The lowest BCUT2D eigenvalue weighted by molar-refractivity contribution is 0.306. The van der Waals surface area contributed by atoms with Crippen molar-refractivity contribution in [2.75, 3.05) is 0 Å². The fraction of sp³-hybridized carbons (Fsp3) is 0.125. The molecule has 31 heavy (non-hydrogen) atoms. The maximum absolute atomic E-state index is 5.91. The van der Waals surface area contributed by atoms with Crippen LogP contribution in [0.3, 0.4) is 0 Å². The second-order valence-corrected chi connectivity index (χ2v) is 8.71. The number of rotatable bonds is 8. The van der Waals surface area contributed by atoms with E-state index in [1.165, 1.54) is 5.56 Å². The van der Waals surface area contributed by atoms with Gasteiger partial charge in [0.05, 0.1) is 6.21 Å². The minimum atomic E-state index is 0.531. The summed E-state index contributed by atoms with van der Waals surface area (Å²) in [5, 5.41) is 13.8. The molecule has 4 aromatic rings. The fourth-order valence-electron chi connectivity index (χ4n) is 2.84. The first-order chi connectivity index (χ1) is 15.2. The van der Waals surface area contributed by atoms with Crippen molar-refractivity contribution < 1.29 is 4.74 Å². The first-order valence-electron chi connectivity index (χ1n) is 9.78. The molecule has 0 radical (unpaired) electrons. The lowest BCUT2D eigenvalue weighted by atomic mass is 10.2. The first-order valence-corrected chi connectivity index (χ1v) is 11.6. The summed E-state index contributed by atoms with van der Waals surface area (Å²) >= 11 is 5.07. The van der Waals surface area contributed by atoms with Gasteiger partial charge >= 0.3 is 0 Å². The number of nitrogens with zero attached hydrogens (tertiary/aromatic N) is 4. The third kappa shape index (κ3) is 6.06. The maximum atomic E-state index is 5.91. The van der Waals surface area contributed by atoms with Crippen molar-refractivity contribution in [1.29, 1.82) is 0 Å². The Morgan fingerprint density at radius 2 is 1.77 bits per heavy atom. The Bertz CT molecular complexity index is 1160. The van der Waals surface area contributed by atoms with E-state index in [0.717, 1.165) is 38.1 Å². The maximum Gasteiger partial charge on any atom is 0.212 e. The van der Waals surface area contributed by atoms with E-state index in [9.17, 15) is 0 Å². The van der Waals surface area contributed by atoms with E-state index in [1.807, 2.05) is 73.7 Å². The molecule has 0 spiro atoms. The molecule has 0 atom stereocenters. The Labute approximate surface area is 194 Å². The van der Waals surface area contributed by atoms with Gasteiger partial charge < -0.3 is 4.74 Å². The normalized spacial score (nSPS) is 11.2. The van der Waals surface area contributed by atoms with Crippen LogP contribution in [-0.2, 0) is 12.4 Å². The van der Waals surface area contributed by atoms with Gasteiger partial charge in [-0.2, -0.15) is 9.78 Å². The van der Waals surface area contributed by atoms with Crippen molar-refractivity contribution in [2.45, 2.75) is 24.4 Å². The molecule has 7 heteroatoms. The molecule has 0 unspecified atom stereocenters. The third-order valence-corrected chi connectivity index (χ3v) is 6.00. The van der Waals surface area contributed by atoms with Crippen LogP contribution in [0.4, 0.5) is 0 Å². The number of hydrogen-bond acceptors (Lipinski definition) is 5. The lowest BCUT2D eigenvalue weighted by Crippen LogP contribution is -1.98. The number of hydrogen-bond donors (Lipinski definition) is 0. The van der Waals surface area contributed by atoms with Crippen molar-refractivity contribution in [2.24, 2.45) is 5.10 Å². The zero-order valence-electron chi connectivity index (χ0n) is 17.0. The molecular formula is C24H21BrN4OS. The van der Waals surface area contributed by atoms with Crippen LogP contribution in [0, 0.1) is 6.92 Å². The summed E-state index contributed by atoms with van der Waals surface area (Å²) in [5.41, 5.74) is 3.30. The van der Waals surface area contributed by atoms with Crippen LogP contribution in [0.25, 0.3) is 0 Å². The van der Waals surface area contributed by atoms with E-state index in [-0.39, 0.29) is 0 Å². The molecule has 0 saturated carbocycles. The standard InChI is InChI=1S/C24H21BrN4OS/c1-18-27-28-24(31-17-20-10-12-22(25)13-11-20)29(18)26-15-21-8-5-9-23(14-21)30-16-19-6-3-2-4-7-19/h2-15H,16-17H2,1H3/b26-15-. The predicted octanol–water partition coefficient (Wildman–Crippen LogP) is 6.10. The topological polar surface area (TPSA) is 52.3 Å². The number of benzene rings is 3. The van der Waals surface area contributed by atoms with Gasteiger partial charge in [-0.25, -0.2) is 0 Å². The Balaban J connectivity index is 1.42. The summed E-state index contributed by atoms with van der Waals surface area (Å²) in [5.74, 6) is 2.34. The second kappa shape index (κ2) is 10.4. The minimum Gasteiger partial charge on any atom is -0.489 e. The van der Waals surface area contributed by atoms with E-state index in [4.69, 9.17) is 4.74 Å². The van der Waals surface area contributed by atoms with Crippen LogP contribution in [0.15, 0.2) is 93.6 Å². The Kier molecular flexibility index (Phi) is 7.17. The summed E-state index contributed by atoms with van der Waals surface area (Å²) in [7, 11) is 0. The van der Waals surface area contributed by atoms with E-state index in [2.05, 4.69) is 43.4 Å². The summed E-state index contributed by atoms with van der Waals surface area (Å²) in [6.07, 6.45) is 1.80. The first kappa shape index (κ1) is 21.3. The average Bonchev–Trinajstić information content (AvgIpc) is 3.16. The van der Waals surface area contributed by atoms with Crippen LogP contribution in [0.5, 0.6) is 5.75 Å². The molecule has 1 aromatic heterocycles. The van der Waals surface area contributed by atoms with Crippen molar-refractivity contribution in [3.05, 3.63) is 106 Å². The van der Waals surface area contributed by atoms with Gasteiger partial charge in [-0.1, -0.05) is 82.3 Å². The van der Waals surface area contributed by atoms with Crippen molar-refractivity contribution in [1.82, 2.24) is 14.9 Å². The van der Waals surface area contributed by atoms with Gasteiger partial charge in [-0.05, 0) is 47.9 Å². The summed E-state index contributed by atoms with van der Waals surface area (Å²) in [4.78, 5) is 0.